The highest BCUT2D eigenvalue weighted by molar-refractivity contribution is 5.98. The van der Waals surface area contributed by atoms with E-state index >= 15 is 0 Å². The lowest BCUT2D eigenvalue weighted by atomic mass is 9.45. The quantitative estimate of drug-likeness (QED) is 0.898. The average molecular weight is 359 g/mol. The van der Waals surface area contributed by atoms with Gasteiger partial charge >= 0.3 is 0 Å². The highest BCUT2D eigenvalue weighted by Gasteiger charge is 2.56. The van der Waals surface area contributed by atoms with Crippen molar-refractivity contribution in [1.82, 2.24) is 10.3 Å². The van der Waals surface area contributed by atoms with Gasteiger partial charge in [0.25, 0.3) is 18.0 Å². The Labute approximate surface area is 152 Å². The van der Waals surface area contributed by atoms with Crippen molar-refractivity contribution in [3.63, 3.8) is 0 Å². The summed E-state index contributed by atoms with van der Waals surface area (Å²) in [6.45, 7) is 8.21. The van der Waals surface area contributed by atoms with Crippen molar-refractivity contribution in [2.75, 3.05) is 0 Å². The lowest BCUT2D eigenvalue weighted by Gasteiger charge is -2.62. The molecule has 1 aromatic heterocycles. The molecule has 5 rings (SSSR count). The van der Waals surface area contributed by atoms with Crippen molar-refractivity contribution in [3.8, 4) is 0 Å². The van der Waals surface area contributed by atoms with Gasteiger partial charge in [-0.3, -0.25) is 9.59 Å². The second-order valence-electron chi connectivity index (χ2n) is 8.29. The van der Waals surface area contributed by atoms with E-state index in [1.807, 2.05) is 0 Å². The van der Waals surface area contributed by atoms with Gasteiger partial charge in [-0.2, -0.15) is 5.01 Å². The highest BCUT2D eigenvalue weighted by atomic mass is 16.6. The van der Waals surface area contributed by atoms with Gasteiger partial charge < -0.3 is 14.5 Å². The fourth-order valence-corrected chi connectivity index (χ4v) is 4.83. The zero-order valence-electron chi connectivity index (χ0n) is 15.6. The van der Waals surface area contributed by atoms with Gasteiger partial charge in [-0.05, 0) is 48.1 Å². The van der Waals surface area contributed by atoms with E-state index in [0.29, 0.717) is 28.9 Å². The normalized spacial score (nSPS) is 34.5. The number of hydrogen-bond donors (Lipinski definition) is 1. The van der Waals surface area contributed by atoms with Crippen molar-refractivity contribution >= 4 is 17.7 Å². The molecular weight excluding hydrogens is 334 g/mol. The standard InChI is InChI=1S/C19H25N3O4/c1-10-13-8-12(19(13,3)4)9-14(10)20-16(24)18-22(11(2)23)21-17(26-18)15-6-5-7-25-15/h5-7,10,12-14,18H,8-9H2,1-4H3,(H,20,24)/t10?,12-,13+,14+,18?/m0/s1. The van der Waals surface area contributed by atoms with E-state index in [2.05, 4.69) is 31.2 Å². The molecule has 1 aromatic rings. The van der Waals surface area contributed by atoms with Crippen LogP contribution in [-0.4, -0.2) is 35.0 Å². The summed E-state index contributed by atoms with van der Waals surface area (Å²) in [5.41, 5.74) is 0.353. The maximum atomic E-state index is 12.8. The van der Waals surface area contributed by atoms with Crippen LogP contribution in [0.3, 0.4) is 0 Å². The molecule has 3 fully saturated rings. The molecule has 2 heterocycles. The Hall–Kier alpha value is -2.31. The number of carbonyl (C=O) groups is 2. The number of fused-ring (bicyclic) bond motifs is 2. The molecule has 1 aliphatic heterocycles. The molecule has 5 atom stereocenters. The van der Waals surface area contributed by atoms with E-state index in [4.69, 9.17) is 9.15 Å². The molecule has 4 aliphatic rings. The van der Waals surface area contributed by atoms with Crippen molar-refractivity contribution < 1.29 is 18.7 Å². The smallest absolute Gasteiger partial charge is 0.285 e. The highest BCUT2D eigenvalue weighted by Crippen LogP contribution is 2.61. The summed E-state index contributed by atoms with van der Waals surface area (Å²) in [5.74, 6) is 1.50. The van der Waals surface area contributed by atoms with Gasteiger partial charge in [-0.25, -0.2) is 0 Å². The molecule has 2 unspecified atom stereocenters. The van der Waals surface area contributed by atoms with Crippen LogP contribution in [0.1, 0.15) is 46.3 Å². The van der Waals surface area contributed by atoms with E-state index in [0.717, 1.165) is 11.4 Å². The summed E-state index contributed by atoms with van der Waals surface area (Å²) in [6, 6.07) is 3.48. The molecule has 2 bridgehead atoms. The van der Waals surface area contributed by atoms with E-state index in [1.165, 1.54) is 19.6 Å². The molecule has 0 saturated heterocycles. The van der Waals surface area contributed by atoms with Gasteiger partial charge in [0.05, 0.1) is 6.26 Å². The summed E-state index contributed by atoms with van der Waals surface area (Å²) < 4.78 is 10.9. The van der Waals surface area contributed by atoms with Gasteiger partial charge in [0.2, 0.25) is 5.91 Å². The van der Waals surface area contributed by atoms with E-state index in [1.54, 1.807) is 12.1 Å². The molecule has 7 heteroatoms. The lowest BCUT2D eigenvalue weighted by molar-refractivity contribution is -0.151. The number of hydrazone groups is 1. The zero-order chi connectivity index (χ0) is 18.6. The SMILES string of the molecule is CC(=O)N1N=C(c2ccco2)OC1C(=O)N[C@@H]1C[C@@H]2C[C@H](C1C)C2(C)C. The average Bonchev–Trinajstić information content (AvgIpc) is 3.25. The van der Waals surface area contributed by atoms with Crippen molar-refractivity contribution in [2.24, 2.45) is 28.3 Å². The number of hydrogen-bond acceptors (Lipinski definition) is 5. The summed E-state index contributed by atoms with van der Waals surface area (Å²) in [4.78, 5) is 24.7. The topological polar surface area (TPSA) is 84.1 Å². The fourth-order valence-electron chi connectivity index (χ4n) is 4.83. The Kier molecular flexibility index (Phi) is 3.86. The summed E-state index contributed by atoms with van der Waals surface area (Å²) in [6.07, 6.45) is 2.61. The largest absolute Gasteiger partial charge is 0.459 e. The van der Waals surface area contributed by atoms with E-state index in [9.17, 15) is 9.59 Å². The first-order valence-corrected chi connectivity index (χ1v) is 9.18. The number of nitrogens with zero attached hydrogens (tertiary/aromatic N) is 2. The Morgan fingerprint density at radius 2 is 2.12 bits per heavy atom. The van der Waals surface area contributed by atoms with Crippen molar-refractivity contribution in [3.05, 3.63) is 24.2 Å². The molecular formula is C19H25N3O4. The van der Waals surface area contributed by atoms with Crippen molar-refractivity contribution in [1.29, 1.82) is 0 Å². The van der Waals surface area contributed by atoms with Gasteiger partial charge in [-0.1, -0.05) is 20.8 Å². The number of ether oxygens (including phenoxy) is 1. The van der Waals surface area contributed by atoms with Crippen LogP contribution in [0.5, 0.6) is 0 Å². The first-order valence-electron chi connectivity index (χ1n) is 9.18. The van der Waals surface area contributed by atoms with Crippen LogP contribution in [-0.2, 0) is 14.3 Å². The number of amides is 2. The van der Waals surface area contributed by atoms with Gasteiger partial charge in [0, 0.05) is 13.0 Å². The third-order valence-corrected chi connectivity index (χ3v) is 6.60. The van der Waals surface area contributed by atoms with Crippen LogP contribution in [0, 0.1) is 23.2 Å². The number of furan rings is 1. The first-order chi connectivity index (χ1) is 12.3. The van der Waals surface area contributed by atoms with Crippen LogP contribution < -0.4 is 5.32 Å². The molecule has 7 nitrogen and oxygen atoms in total. The second kappa shape index (κ2) is 5.86. The molecule has 3 saturated carbocycles. The number of rotatable bonds is 3. The third kappa shape index (κ3) is 2.52. The summed E-state index contributed by atoms with van der Waals surface area (Å²) in [7, 11) is 0. The Morgan fingerprint density at radius 1 is 1.35 bits per heavy atom. The van der Waals surface area contributed by atoms with Gasteiger partial charge in [0.15, 0.2) is 5.76 Å². The summed E-state index contributed by atoms with van der Waals surface area (Å²) >= 11 is 0. The minimum absolute atomic E-state index is 0.101. The fraction of sp³-hybridized carbons (Fsp3) is 0.632. The Balaban J connectivity index is 1.46. The molecule has 2 amide bonds. The zero-order valence-corrected chi connectivity index (χ0v) is 15.6. The van der Waals surface area contributed by atoms with Crippen LogP contribution in [0.25, 0.3) is 0 Å². The Bertz CT molecular complexity index is 755. The summed E-state index contributed by atoms with van der Waals surface area (Å²) in [5, 5.41) is 8.29. The van der Waals surface area contributed by atoms with Crippen LogP contribution >= 0.6 is 0 Å². The minimum Gasteiger partial charge on any atom is -0.459 e. The predicted octanol–water partition coefficient (Wildman–Crippen LogP) is 2.33. The van der Waals surface area contributed by atoms with Crippen molar-refractivity contribution in [2.45, 2.75) is 52.8 Å². The van der Waals surface area contributed by atoms with E-state index < -0.39 is 6.23 Å². The maximum absolute atomic E-state index is 12.8. The monoisotopic (exact) mass is 359 g/mol. The van der Waals surface area contributed by atoms with Gasteiger partial charge in [-0.15, -0.1) is 5.10 Å². The predicted molar refractivity (Wildman–Crippen MR) is 93.7 cm³/mol. The molecule has 140 valence electrons. The van der Waals surface area contributed by atoms with Gasteiger partial charge in [0.1, 0.15) is 0 Å². The maximum Gasteiger partial charge on any atom is 0.285 e. The minimum atomic E-state index is -1.09. The molecule has 0 aromatic carbocycles. The molecule has 1 N–H and O–H groups in total. The molecule has 3 aliphatic carbocycles. The Morgan fingerprint density at radius 3 is 2.69 bits per heavy atom. The lowest BCUT2D eigenvalue weighted by Crippen LogP contribution is -2.62. The van der Waals surface area contributed by atoms with Crippen LogP contribution in [0.4, 0.5) is 0 Å². The second-order valence-corrected chi connectivity index (χ2v) is 8.29. The third-order valence-electron chi connectivity index (χ3n) is 6.60. The van der Waals surface area contributed by atoms with Crippen LogP contribution in [0.2, 0.25) is 0 Å². The molecule has 26 heavy (non-hydrogen) atoms. The molecule has 0 spiro atoms. The number of nitrogens with one attached hydrogen (secondary N) is 1. The first kappa shape index (κ1) is 17.1. The van der Waals surface area contributed by atoms with Crippen LogP contribution in [0.15, 0.2) is 27.9 Å². The van der Waals surface area contributed by atoms with E-state index in [-0.39, 0.29) is 23.8 Å². The molecule has 0 radical (unpaired) electrons. The number of carbonyl (C=O) groups excluding carboxylic acids is 2.